The number of fused-ring (bicyclic) bond motifs is 1. The fourth-order valence-corrected chi connectivity index (χ4v) is 6.81. The van der Waals surface area contributed by atoms with E-state index in [4.69, 9.17) is 26.7 Å². The van der Waals surface area contributed by atoms with E-state index >= 15 is 0 Å². The van der Waals surface area contributed by atoms with E-state index in [1.54, 1.807) is 54.6 Å². The van der Waals surface area contributed by atoms with Gasteiger partial charge in [-0.25, -0.2) is 4.68 Å². The van der Waals surface area contributed by atoms with Crippen molar-refractivity contribution in [1.82, 2.24) is 20.0 Å². The van der Waals surface area contributed by atoms with E-state index in [1.165, 1.54) is 17.5 Å². The summed E-state index contributed by atoms with van der Waals surface area (Å²) in [5, 5.41) is 19.3. The number of carbonyl (C=O) groups excluding carboxylic acids is 5. The number of carboxylic acid groups (broad SMARTS) is 1. The summed E-state index contributed by atoms with van der Waals surface area (Å²) in [7, 11) is 0. The average molecular weight is 838 g/mol. The summed E-state index contributed by atoms with van der Waals surface area (Å²) >= 11 is 0. The molecule has 2 aromatic carbocycles. The first-order valence-corrected chi connectivity index (χ1v) is 19.9. The van der Waals surface area contributed by atoms with Crippen molar-refractivity contribution in [2.24, 2.45) is 23.1 Å². The van der Waals surface area contributed by atoms with Crippen LogP contribution in [0.2, 0.25) is 0 Å². The number of rotatable bonds is 9. The Kier molecular flexibility index (Phi) is 20.7. The number of aliphatic carboxylic acids is 1. The van der Waals surface area contributed by atoms with Crippen molar-refractivity contribution < 1.29 is 68.1 Å². The Balaban J connectivity index is 0.000000308. The summed E-state index contributed by atoms with van der Waals surface area (Å²) in [6.07, 6.45) is 12.2. The molecule has 1 aromatic heterocycles. The van der Waals surface area contributed by atoms with E-state index in [-0.39, 0.29) is 65.2 Å². The summed E-state index contributed by atoms with van der Waals surface area (Å²) in [6, 6.07) is 15.3. The first-order valence-electron chi connectivity index (χ1n) is 19.9. The topological polar surface area (TPSA) is 253 Å². The molecule has 18 heteroatoms. The number of hydrogen-bond acceptors (Lipinski definition) is 14. The standard InChI is InChI=1S/C25H33N7O3.C8H9NO.C5H7NO2.C4H8O2.Na/c1-17-6-8-18(9-7-17)30-10-11-31(24(34)15-30)19-13-29-32(14-19)22(25(27)28)12-21(26)20-4-2-3-5-23(20)35-16-33;1-2-4-8-7(3-1)9-5-6-10-8;7-4-2-1-3-5(8)6-4;1-2-3-4(5)6;/h2-5,12-14,16-18H,6-11,15,26-28H2,1H3;1-4,9H,5-6H2;1-3H2,(H,6,7,8);2-3H2,1H3,(H,5,6);/q;;;;+1/p-1/b21-12-;;;;. The minimum absolute atomic E-state index is 0. The fourth-order valence-electron chi connectivity index (χ4n) is 6.81. The van der Waals surface area contributed by atoms with Gasteiger partial charge in [0.1, 0.15) is 29.6 Å². The number of carboxylic acids is 1. The van der Waals surface area contributed by atoms with Crippen molar-refractivity contribution in [2.75, 3.05) is 43.0 Å². The molecule has 0 radical (unpaired) electrons. The van der Waals surface area contributed by atoms with Crippen LogP contribution in [0.3, 0.4) is 0 Å². The second kappa shape index (κ2) is 25.3. The van der Waals surface area contributed by atoms with Crippen LogP contribution in [0.25, 0.3) is 11.4 Å². The maximum Gasteiger partial charge on any atom is 1.00 e. The Hall–Kier alpha value is -5.36. The zero-order valence-corrected chi connectivity index (χ0v) is 36.8. The molecule has 3 aliphatic heterocycles. The number of carbonyl (C=O) groups is 5. The Morgan fingerprint density at radius 1 is 1.00 bits per heavy atom. The largest absolute Gasteiger partial charge is 1.00 e. The van der Waals surface area contributed by atoms with Gasteiger partial charge in [0.25, 0.3) is 6.47 Å². The molecule has 318 valence electrons. The van der Waals surface area contributed by atoms with Gasteiger partial charge in [-0.15, -0.1) is 0 Å². The van der Waals surface area contributed by atoms with Crippen LogP contribution in [0.4, 0.5) is 11.4 Å². The van der Waals surface area contributed by atoms with Gasteiger partial charge < -0.3 is 46.8 Å². The first kappa shape index (κ1) is 49.0. The molecule has 17 nitrogen and oxygen atoms in total. The van der Waals surface area contributed by atoms with E-state index in [2.05, 4.69) is 27.6 Å². The third-order valence-electron chi connectivity index (χ3n) is 9.94. The van der Waals surface area contributed by atoms with Gasteiger partial charge in [-0.2, -0.15) is 5.10 Å². The average Bonchev–Trinajstić information content (AvgIpc) is 3.70. The van der Waals surface area contributed by atoms with Gasteiger partial charge in [-0.05, 0) is 74.8 Å². The molecule has 0 unspecified atom stereocenters. The van der Waals surface area contributed by atoms with Crippen LogP contribution in [0, 0.1) is 5.92 Å². The van der Waals surface area contributed by atoms with Gasteiger partial charge in [0.15, 0.2) is 0 Å². The molecule has 0 spiro atoms. The second-order valence-electron chi connectivity index (χ2n) is 14.4. The molecule has 1 saturated carbocycles. The second-order valence-corrected chi connectivity index (χ2v) is 14.4. The Labute approximate surface area is 373 Å². The molecular formula is C42H56N9NaO8. The number of nitrogens with zero attached hydrogens (tertiary/aromatic N) is 4. The van der Waals surface area contributed by atoms with Gasteiger partial charge in [-0.3, -0.25) is 29.4 Å². The zero-order chi connectivity index (χ0) is 42.7. The summed E-state index contributed by atoms with van der Waals surface area (Å²) < 4.78 is 11.9. The maximum absolute atomic E-state index is 13.0. The van der Waals surface area contributed by atoms with E-state index in [0.717, 1.165) is 49.9 Å². The minimum Gasteiger partial charge on any atom is -0.550 e. The number of ether oxygens (including phenoxy) is 2. The summed E-state index contributed by atoms with van der Waals surface area (Å²) in [5.41, 5.74) is 21.1. The number of imide groups is 1. The molecule has 0 atom stereocenters. The summed E-state index contributed by atoms with van der Waals surface area (Å²) in [5.74, 6) is 0.868. The van der Waals surface area contributed by atoms with Crippen LogP contribution in [-0.2, 0) is 24.0 Å². The first-order chi connectivity index (χ1) is 28.4. The fraction of sp³-hybridized carbons (Fsp3) is 0.429. The number of allylic oxidation sites excluding steroid dienone is 2. The number of hydrogen-bond donors (Lipinski definition) is 5. The SMILES string of the molecule is CC1CCC(N2CCN(c3cnn(C(/C=C(\N)c4ccccc4OC=O)=C(N)N)c3)C(=O)C2)CC1.CCCC(=O)[O-].O=C1CCCC(=O)N1.[Na+].c1ccc2c(c1)NCCO2. The predicted molar refractivity (Wildman–Crippen MR) is 222 cm³/mol. The molecule has 2 saturated heterocycles. The molecule has 4 aliphatic rings. The van der Waals surface area contributed by atoms with Crippen LogP contribution in [0.15, 0.2) is 72.8 Å². The number of para-hydroxylation sites is 3. The quantitative estimate of drug-likeness (QED) is 0.0792. The van der Waals surface area contributed by atoms with E-state index < -0.39 is 5.97 Å². The summed E-state index contributed by atoms with van der Waals surface area (Å²) in [6.45, 7) is 7.97. The molecule has 1 aliphatic carbocycles. The van der Waals surface area contributed by atoms with Crippen LogP contribution in [-0.4, -0.2) is 83.7 Å². The van der Waals surface area contributed by atoms with Crippen LogP contribution in [0.5, 0.6) is 11.5 Å². The van der Waals surface area contributed by atoms with Crippen molar-refractivity contribution >= 4 is 52.9 Å². The molecule has 8 N–H and O–H groups in total. The Bertz CT molecular complexity index is 1920. The van der Waals surface area contributed by atoms with E-state index in [1.807, 2.05) is 24.3 Å². The third kappa shape index (κ3) is 15.3. The number of aromatic nitrogens is 2. The van der Waals surface area contributed by atoms with Gasteiger partial charge in [0.05, 0.1) is 30.3 Å². The minimum atomic E-state index is -0.961. The number of benzene rings is 2. The molecule has 4 heterocycles. The van der Waals surface area contributed by atoms with Crippen LogP contribution >= 0.6 is 0 Å². The van der Waals surface area contributed by atoms with Gasteiger partial charge >= 0.3 is 29.6 Å². The Morgan fingerprint density at radius 3 is 2.27 bits per heavy atom. The number of nitrogens with one attached hydrogen (secondary N) is 2. The van der Waals surface area contributed by atoms with Gasteiger partial charge in [0.2, 0.25) is 17.7 Å². The van der Waals surface area contributed by atoms with Crippen LogP contribution in [0.1, 0.15) is 77.2 Å². The van der Waals surface area contributed by atoms with Crippen molar-refractivity contribution in [1.29, 1.82) is 0 Å². The monoisotopic (exact) mass is 837 g/mol. The van der Waals surface area contributed by atoms with Crippen molar-refractivity contribution in [3.05, 3.63) is 78.4 Å². The van der Waals surface area contributed by atoms with E-state index in [9.17, 15) is 29.1 Å². The van der Waals surface area contributed by atoms with Crippen LogP contribution < -0.4 is 76.9 Å². The molecule has 3 aromatic rings. The number of nitrogens with two attached hydrogens (primary N) is 3. The van der Waals surface area contributed by atoms with Gasteiger partial charge in [0, 0.05) is 55.7 Å². The zero-order valence-electron chi connectivity index (χ0n) is 34.8. The van der Waals surface area contributed by atoms with Crippen molar-refractivity contribution in [2.45, 2.75) is 77.7 Å². The number of amides is 3. The van der Waals surface area contributed by atoms with Crippen molar-refractivity contribution in [3.8, 4) is 11.5 Å². The normalized spacial score (nSPS) is 18.6. The molecule has 3 amide bonds. The Morgan fingerprint density at radius 2 is 1.68 bits per heavy atom. The number of piperazine rings is 1. The van der Waals surface area contributed by atoms with Crippen molar-refractivity contribution in [3.63, 3.8) is 0 Å². The molecule has 3 fully saturated rings. The smallest absolute Gasteiger partial charge is 0.550 e. The number of anilines is 2. The predicted octanol–water partition coefficient (Wildman–Crippen LogP) is -0.467. The maximum atomic E-state index is 13.0. The summed E-state index contributed by atoms with van der Waals surface area (Å²) in [4.78, 5) is 58.1. The molecule has 60 heavy (non-hydrogen) atoms. The third-order valence-corrected chi connectivity index (χ3v) is 9.94. The van der Waals surface area contributed by atoms with Gasteiger partial charge in [-0.1, -0.05) is 44.5 Å². The molecular weight excluding hydrogens is 782 g/mol. The molecule has 0 bridgehead atoms. The molecule has 7 rings (SSSR count). The number of piperidine rings is 1. The van der Waals surface area contributed by atoms with E-state index in [0.29, 0.717) is 74.0 Å².